The number of thiazole rings is 1. The number of amides is 2. The van der Waals surface area contributed by atoms with E-state index in [9.17, 15) is 18.4 Å². The number of hydrogen-bond donors (Lipinski definition) is 1. The highest BCUT2D eigenvalue weighted by molar-refractivity contribution is 7.09. The van der Waals surface area contributed by atoms with Crippen LogP contribution in [0.2, 0.25) is 0 Å². The zero-order chi connectivity index (χ0) is 20.1. The minimum absolute atomic E-state index is 0.0446. The fourth-order valence-corrected chi connectivity index (χ4v) is 3.97. The van der Waals surface area contributed by atoms with Gasteiger partial charge in [0.15, 0.2) is 11.6 Å². The van der Waals surface area contributed by atoms with Crippen molar-refractivity contribution in [3.63, 3.8) is 0 Å². The van der Waals surface area contributed by atoms with E-state index in [2.05, 4.69) is 10.3 Å². The standard InChI is InChI=1S/C20H23F2N3O2S/c1-13-24-18(12-28-13)20(27)25-8-2-3-14(11-25)5-7-19(26)23-10-15-4-6-16(21)17(22)9-15/h4,6,9,12,14H,2-3,5,7-8,10-11H2,1H3,(H,23,26)/t14-/m0/s1. The molecule has 1 fully saturated rings. The van der Waals surface area contributed by atoms with E-state index in [-0.39, 0.29) is 24.3 Å². The van der Waals surface area contributed by atoms with E-state index in [1.807, 2.05) is 11.8 Å². The molecule has 0 spiro atoms. The number of piperidine rings is 1. The maximum atomic E-state index is 13.2. The van der Waals surface area contributed by atoms with E-state index < -0.39 is 11.6 Å². The largest absolute Gasteiger partial charge is 0.352 e. The lowest BCUT2D eigenvalue weighted by Crippen LogP contribution is -2.40. The highest BCUT2D eigenvalue weighted by Gasteiger charge is 2.26. The third kappa shape index (κ3) is 5.34. The Morgan fingerprint density at radius 2 is 2.14 bits per heavy atom. The van der Waals surface area contributed by atoms with E-state index >= 15 is 0 Å². The first-order valence-corrected chi connectivity index (χ1v) is 10.2. The number of rotatable bonds is 6. The maximum absolute atomic E-state index is 13.2. The Hall–Kier alpha value is -2.35. The summed E-state index contributed by atoms with van der Waals surface area (Å²) in [5.74, 6) is -1.74. The SMILES string of the molecule is Cc1nc(C(=O)N2CCC[C@@H](CCC(=O)NCc3ccc(F)c(F)c3)C2)cs1. The molecule has 1 saturated heterocycles. The van der Waals surface area contributed by atoms with Gasteiger partial charge in [0.1, 0.15) is 5.69 Å². The van der Waals surface area contributed by atoms with Crippen LogP contribution in [-0.2, 0) is 11.3 Å². The number of carbonyl (C=O) groups is 2. The molecule has 1 N–H and O–H groups in total. The van der Waals surface area contributed by atoms with Crippen LogP contribution < -0.4 is 5.32 Å². The molecule has 8 heteroatoms. The zero-order valence-corrected chi connectivity index (χ0v) is 16.5. The zero-order valence-electron chi connectivity index (χ0n) is 15.7. The van der Waals surface area contributed by atoms with Crippen LogP contribution in [0.1, 0.15) is 46.7 Å². The van der Waals surface area contributed by atoms with Crippen LogP contribution in [0.3, 0.4) is 0 Å². The number of nitrogens with one attached hydrogen (secondary N) is 1. The average Bonchev–Trinajstić information content (AvgIpc) is 3.13. The first kappa shape index (κ1) is 20.4. The molecule has 150 valence electrons. The van der Waals surface area contributed by atoms with Crippen LogP contribution in [0.5, 0.6) is 0 Å². The number of aryl methyl sites for hydroxylation is 1. The van der Waals surface area contributed by atoms with Crippen molar-refractivity contribution < 1.29 is 18.4 Å². The highest BCUT2D eigenvalue weighted by Crippen LogP contribution is 2.23. The topological polar surface area (TPSA) is 62.3 Å². The van der Waals surface area contributed by atoms with Crippen molar-refractivity contribution in [1.29, 1.82) is 0 Å². The van der Waals surface area contributed by atoms with E-state index in [4.69, 9.17) is 0 Å². The number of aromatic nitrogens is 1. The number of hydrogen-bond acceptors (Lipinski definition) is 4. The van der Waals surface area contributed by atoms with Crippen LogP contribution in [0, 0.1) is 24.5 Å². The van der Waals surface area contributed by atoms with Gasteiger partial charge >= 0.3 is 0 Å². The molecular formula is C20H23F2N3O2S. The number of carbonyl (C=O) groups excluding carboxylic acids is 2. The molecule has 3 rings (SSSR count). The van der Waals surface area contributed by atoms with Gasteiger partial charge in [-0.2, -0.15) is 0 Å². The minimum atomic E-state index is -0.922. The molecule has 1 aliphatic rings. The Labute approximate surface area is 166 Å². The van der Waals surface area contributed by atoms with Gasteiger partial charge < -0.3 is 10.2 Å². The second kappa shape index (κ2) is 9.23. The van der Waals surface area contributed by atoms with Gasteiger partial charge in [-0.3, -0.25) is 9.59 Å². The summed E-state index contributed by atoms with van der Waals surface area (Å²) in [4.78, 5) is 30.7. The van der Waals surface area contributed by atoms with Crippen molar-refractivity contribution in [1.82, 2.24) is 15.2 Å². The van der Waals surface area contributed by atoms with Crippen LogP contribution in [0.15, 0.2) is 23.6 Å². The van der Waals surface area contributed by atoms with E-state index in [1.54, 1.807) is 5.38 Å². The molecule has 0 unspecified atom stereocenters. The predicted octanol–water partition coefficient (Wildman–Crippen LogP) is 3.68. The van der Waals surface area contributed by atoms with Gasteiger partial charge in [-0.05, 0) is 49.8 Å². The van der Waals surface area contributed by atoms with Gasteiger partial charge in [-0.25, -0.2) is 13.8 Å². The summed E-state index contributed by atoms with van der Waals surface area (Å²) < 4.78 is 26.1. The second-order valence-corrected chi connectivity index (χ2v) is 8.14. The summed E-state index contributed by atoms with van der Waals surface area (Å²) in [5, 5.41) is 5.39. The molecule has 1 aromatic heterocycles. The Kier molecular flexibility index (Phi) is 6.72. The summed E-state index contributed by atoms with van der Waals surface area (Å²) in [6.07, 6.45) is 2.92. The summed E-state index contributed by atoms with van der Waals surface area (Å²) >= 11 is 1.46. The molecule has 0 saturated carbocycles. The van der Waals surface area contributed by atoms with Crippen molar-refractivity contribution >= 4 is 23.2 Å². The number of likely N-dealkylation sites (tertiary alicyclic amines) is 1. The lowest BCUT2D eigenvalue weighted by Gasteiger charge is -2.32. The number of benzene rings is 1. The smallest absolute Gasteiger partial charge is 0.273 e. The maximum Gasteiger partial charge on any atom is 0.273 e. The Morgan fingerprint density at radius 1 is 1.32 bits per heavy atom. The molecule has 1 aromatic carbocycles. The van der Waals surface area contributed by atoms with Gasteiger partial charge in [0.05, 0.1) is 5.01 Å². The lowest BCUT2D eigenvalue weighted by molar-refractivity contribution is -0.121. The van der Waals surface area contributed by atoms with E-state index in [0.717, 1.165) is 30.0 Å². The molecule has 28 heavy (non-hydrogen) atoms. The highest BCUT2D eigenvalue weighted by atomic mass is 32.1. The molecule has 2 aromatic rings. The molecule has 2 heterocycles. The summed E-state index contributed by atoms with van der Waals surface area (Å²) in [7, 11) is 0. The van der Waals surface area contributed by atoms with Crippen LogP contribution in [-0.4, -0.2) is 34.8 Å². The van der Waals surface area contributed by atoms with Crippen LogP contribution >= 0.6 is 11.3 Å². The lowest BCUT2D eigenvalue weighted by atomic mass is 9.93. The normalized spacial score (nSPS) is 16.8. The molecule has 0 radical (unpaired) electrons. The molecule has 2 amide bonds. The summed E-state index contributed by atoms with van der Waals surface area (Å²) in [6.45, 7) is 3.38. The average molecular weight is 407 g/mol. The monoisotopic (exact) mass is 407 g/mol. The number of nitrogens with zero attached hydrogens (tertiary/aromatic N) is 2. The van der Waals surface area contributed by atoms with Gasteiger partial charge in [0.2, 0.25) is 5.91 Å². The van der Waals surface area contributed by atoms with Gasteiger partial charge in [-0.15, -0.1) is 11.3 Å². The van der Waals surface area contributed by atoms with Crippen molar-refractivity contribution in [2.45, 2.75) is 39.2 Å². The van der Waals surface area contributed by atoms with E-state index in [0.29, 0.717) is 37.2 Å². The fourth-order valence-electron chi connectivity index (χ4n) is 3.38. The van der Waals surface area contributed by atoms with E-state index in [1.165, 1.54) is 17.4 Å². The molecule has 5 nitrogen and oxygen atoms in total. The summed E-state index contributed by atoms with van der Waals surface area (Å²) in [5.41, 5.74) is 1.01. The molecule has 0 aliphatic carbocycles. The Balaban J connectivity index is 1.44. The van der Waals surface area contributed by atoms with Gasteiger partial charge in [-0.1, -0.05) is 6.07 Å². The Bertz CT molecular complexity index is 856. The quantitative estimate of drug-likeness (QED) is 0.795. The first-order chi connectivity index (χ1) is 13.4. The molecule has 1 atom stereocenters. The third-order valence-electron chi connectivity index (χ3n) is 4.90. The fraction of sp³-hybridized carbons (Fsp3) is 0.450. The number of halogens is 2. The van der Waals surface area contributed by atoms with Crippen molar-refractivity contribution in [3.05, 3.63) is 51.5 Å². The summed E-state index contributed by atoms with van der Waals surface area (Å²) in [6, 6.07) is 3.58. The second-order valence-electron chi connectivity index (χ2n) is 7.08. The van der Waals surface area contributed by atoms with Crippen molar-refractivity contribution in [3.8, 4) is 0 Å². The van der Waals surface area contributed by atoms with Gasteiger partial charge in [0.25, 0.3) is 5.91 Å². The van der Waals surface area contributed by atoms with Crippen molar-refractivity contribution in [2.24, 2.45) is 5.92 Å². The first-order valence-electron chi connectivity index (χ1n) is 9.34. The van der Waals surface area contributed by atoms with Crippen molar-refractivity contribution in [2.75, 3.05) is 13.1 Å². The van der Waals surface area contributed by atoms with Crippen LogP contribution in [0.25, 0.3) is 0 Å². The Morgan fingerprint density at radius 3 is 2.86 bits per heavy atom. The van der Waals surface area contributed by atoms with Gasteiger partial charge in [0, 0.05) is 31.4 Å². The molecular weight excluding hydrogens is 384 g/mol. The molecule has 0 bridgehead atoms. The minimum Gasteiger partial charge on any atom is -0.352 e. The predicted molar refractivity (Wildman–Crippen MR) is 103 cm³/mol. The van der Waals surface area contributed by atoms with Crippen LogP contribution in [0.4, 0.5) is 8.78 Å². The molecule has 1 aliphatic heterocycles. The third-order valence-corrected chi connectivity index (χ3v) is 5.67.